The van der Waals surface area contributed by atoms with Gasteiger partial charge in [-0.2, -0.15) is 0 Å². The van der Waals surface area contributed by atoms with Crippen LogP contribution in [-0.2, 0) is 7.05 Å². The SMILES string of the molecule is CCC(CO)(CO)NC(=O)c1ccn(C)c(=O)c1. The molecule has 0 aliphatic rings. The third-order valence-electron chi connectivity index (χ3n) is 3.03. The Labute approximate surface area is 105 Å². The molecule has 3 N–H and O–H groups in total. The molecule has 6 nitrogen and oxygen atoms in total. The smallest absolute Gasteiger partial charge is 0.252 e. The zero-order chi connectivity index (χ0) is 13.8. The van der Waals surface area contributed by atoms with Crippen LogP contribution in [0, 0.1) is 0 Å². The lowest BCUT2D eigenvalue weighted by atomic mass is 9.98. The largest absolute Gasteiger partial charge is 0.394 e. The molecule has 1 aromatic heterocycles. The molecule has 1 amide bonds. The molecule has 1 rings (SSSR count). The number of nitrogens with one attached hydrogen (secondary N) is 1. The lowest BCUT2D eigenvalue weighted by Gasteiger charge is -2.29. The van der Waals surface area contributed by atoms with Crippen molar-refractivity contribution >= 4 is 5.91 Å². The van der Waals surface area contributed by atoms with Gasteiger partial charge in [0.05, 0.1) is 18.8 Å². The van der Waals surface area contributed by atoms with E-state index in [9.17, 15) is 19.8 Å². The van der Waals surface area contributed by atoms with Crippen LogP contribution in [0.25, 0.3) is 0 Å². The number of aliphatic hydroxyl groups excluding tert-OH is 2. The number of amides is 1. The second kappa shape index (κ2) is 5.79. The van der Waals surface area contributed by atoms with Gasteiger partial charge in [0.1, 0.15) is 0 Å². The van der Waals surface area contributed by atoms with Gasteiger partial charge in [-0.1, -0.05) is 6.92 Å². The lowest BCUT2D eigenvalue weighted by Crippen LogP contribution is -2.53. The van der Waals surface area contributed by atoms with Gasteiger partial charge in [-0.15, -0.1) is 0 Å². The molecule has 0 spiro atoms. The van der Waals surface area contributed by atoms with E-state index in [1.807, 2.05) is 0 Å². The third-order valence-corrected chi connectivity index (χ3v) is 3.03. The molecule has 0 unspecified atom stereocenters. The highest BCUT2D eigenvalue weighted by molar-refractivity contribution is 5.94. The van der Waals surface area contributed by atoms with Crippen molar-refractivity contribution in [2.24, 2.45) is 7.05 Å². The Hall–Kier alpha value is -1.66. The molecule has 0 aliphatic heterocycles. The number of carbonyl (C=O) groups is 1. The minimum absolute atomic E-state index is 0.206. The van der Waals surface area contributed by atoms with Crippen LogP contribution < -0.4 is 10.9 Å². The fraction of sp³-hybridized carbons (Fsp3) is 0.500. The summed E-state index contributed by atoms with van der Waals surface area (Å²) >= 11 is 0. The molecule has 0 bridgehead atoms. The van der Waals surface area contributed by atoms with Crippen molar-refractivity contribution in [1.29, 1.82) is 0 Å². The predicted molar refractivity (Wildman–Crippen MR) is 66.3 cm³/mol. The van der Waals surface area contributed by atoms with E-state index < -0.39 is 11.4 Å². The molecule has 0 atom stereocenters. The van der Waals surface area contributed by atoms with E-state index in [0.717, 1.165) is 0 Å². The molecular formula is C12H18N2O4. The van der Waals surface area contributed by atoms with E-state index in [1.54, 1.807) is 14.0 Å². The summed E-state index contributed by atoms with van der Waals surface area (Å²) in [4.78, 5) is 23.3. The standard InChI is InChI=1S/C12H18N2O4/c1-3-12(7-15,8-16)13-11(18)9-4-5-14(2)10(17)6-9/h4-6,15-16H,3,7-8H2,1-2H3,(H,13,18). The molecule has 0 aliphatic carbocycles. The van der Waals surface area contributed by atoms with Crippen molar-refractivity contribution in [2.75, 3.05) is 13.2 Å². The Morgan fingerprint density at radius 1 is 1.44 bits per heavy atom. The first-order chi connectivity index (χ1) is 8.48. The molecule has 0 saturated heterocycles. The average Bonchev–Trinajstić information content (AvgIpc) is 2.39. The summed E-state index contributed by atoms with van der Waals surface area (Å²) in [7, 11) is 1.59. The Balaban J connectivity index is 2.94. The zero-order valence-electron chi connectivity index (χ0n) is 10.5. The van der Waals surface area contributed by atoms with Gasteiger partial charge in [0, 0.05) is 24.9 Å². The van der Waals surface area contributed by atoms with Crippen molar-refractivity contribution in [3.63, 3.8) is 0 Å². The summed E-state index contributed by atoms with van der Waals surface area (Å²) < 4.78 is 1.35. The van der Waals surface area contributed by atoms with E-state index in [1.165, 1.54) is 22.9 Å². The van der Waals surface area contributed by atoms with Gasteiger partial charge in [0.15, 0.2) is 0 Å². The molecule has 0 aromatic carbocycles. The summed E-state index contributed by atoms with van der Waals surface area (Å²) in [5.74, 6) is -0.488. The number of hydrogen-bond acceptors (Lipinski definition) is 4. The second-order valence-electron chi connectivity index (χ2n) is 4.27. The predicted octanol–water partition coefficient (Wildman–Crippen LogP) is -0.752. The average molecular weight is 254 g/mol. The molecule has 0 fully saturated rings. The van der Waals surface area contributed by atoms with E-state index in [4.69, 9.17) is 0 Å². The minimum Gasteiger partial charge on any atom is -0.394 e. The molecule has 0 radical (unpaired) electrons. The van der Waals surface area contributed by atoms with E-state index >= 15 is 0 Å². The first kappa shape index (κ1) is 14.4. The summed E-state index contributed by atoms with van der Waals surface area (Å²) in [5, 5.41) is 21.0. The lowest BCUT2D eigenvalue weighted by molar-refractivity contribution is 0.0652. The normalized spacial score (nSPS) is 11.3. The fourth-order valence-electron chi connectivity index (χ4n) is 1.44. The van der Waals surface area contributed by atoms with Crippen LogP contribution in [0.2, 0.25) is 0 Å². The van der Waals surface area contributed by atoms with Crippen LogP contribution in [0.5, 0.6) is 0 Å². The van der Waals surface area contributed by atoms with Crippen LogP contribution >= 0.6 is 0 Å². The Kier molecular flexibility index (Phi) is 4.63. The minimum atomic E-state index is -1.06. The fourth-order valence-corrected chi connectivity index (χ4v) is 1.44. The summed E-state index contributed by atoms with van der Waals surface area (Å²) in [6.07, 6.45) is 1.87. The number of pyridine rings is 1. The monoisotopic (exact) mass is 254 g/mol. The maximum absolute atomic E-state index is 11.9. The van der Waals surface area contributed by atoms with Crippen LogP contribution in [0.4, 0.5) is 0 Å². The highest BCUT2D eigenvalue weighted by Crippen LogP contribution is 2.09. The maximum atomic E-state index is 11.9. The van der Waals surface area contributed by atoms with E-state index in [2.05, 4.69) is 5.32 Å². The van der Waals surface area contributed by atoms with E-state index in [0.29, 0.717) is 6.42 Å². The molecule has 18 heavy (non-hydrogen) atoms. The first-order valence-electron chi connectivity index (χ1n) is 5.69. The number of aryl methyl sites for hydroxylation is 1. The van der Waals surface area contributed by atoms with Gasteiger partial charge in [-0.05, 0) is 12.5 Å². The number of hydrogen-bond donors (Lipinski definition) is 3. The highest BCUT2D eigenvalue weighted by Gasteiger charge is 2.28. The molecule has 100 valence electrons. The van der Waals surface area contributed by atoms with Gasteiger partial charge in [0.25, 0.3) is 11.5 Å². The van der Waals surface area contributed by atoms with Gasteiger partial charge in [-0.3, -0.25) is 9.59 Å². The van der Waals surface area contributed by atoms with Crippen LogP contribution in [-0.4, -0.2) is 39.4 Å². The zero-order valence-corrected chi connectivity index (χ0v) is 10.5. The van der Waals surface area contributed by atoms with Crippen molar-refractivity contribution in [1.82, 2.24) is 9.88 Å². The summed E-state index contributed by atoms with van der Waals surface area (Å²) in [6, 6.07) is 2.72. The van der Waals surface area contributed by atoms with Gasteiger partial charge in [-0.25, -0.2) is 0 Å². The highest BCUT2D eigenvalue weighted by atomic mass is 16.3. The van der Waals surface area contributed by atoms with Crippen molar-refractivity contribution < 1.29 is 15.0 Å². The number of aromatic nitrogens is 1. The Morgan fingerprint density at radius 3 is 2.50 bits per heavy atom. The molecule has 0 saturated carbocycles. The third kappa shape index (κ3) is 2.96. The molecule has 6 heteroatoms. The van der Waals surface area contributed by atoms with Crippen LogP contribution in [0.1, 0.15) is 23.7 Å². The topological polar surface area (TPSA) is 91.6 Å². The molecular weight excluding hydrogens is 236 g/mol. The Morgan fingerprint density at radius 2 is 2.06 bits per heavy atom. The number of rotatable bonds is 5. The van der Waals surface area contributed by atoms with Crippen molar-refractivity contribution in [2.45, 2.75) is 18.9 Å². The quantitative estimate of drug-likeness (QED) is 0.644. The summed E-state index contributed by atoms with van der Waals surface area (Å²) in [5.41, 5.74) is -1.14. The number of nitrogens with zero attached hydrogens (tertiary/aromatic N) is 1. The number of aliphatic hydroxyl groups is 2. The van der Waals surface area contributed by atoms with Crippen molar-refractivity contribution in [3.05, 3.63) is 34.2 Å². The van der Waals surface area contributed by atoms with Gasteiger partial charge < -0.3 is 20.1 Å². The molecule has 1 heterocycles. The van der Waals surface area contributed by atoms with Crippen LogP contribution in [0.15, 0.2) is 23.1 Å². The van der Waals surface area contributed by atoms with Crippen LogP contribution in [0.3, 0.4) is 0 Å². The number of carbonyl (C=O) groups excluding carboxylic acids is 1. The van der Waals surface area contributed by atoms with E-state index in [-0.39, 0.29) is 24.3 Å². The second-order valence-corrected chi connectivity index (χ2v) is 4.27. The van der Waals surface area contributed by atoms with Gasteiger partial charge in [0.2, 0.25) is 0 Å². The Bertz CT molecular complexity index is 469. The summed E-state index contributed by atoms with van der Waals surface area (Å²) in [6.45, 7) is 1.02. The van der Waals surface area contributed by atoms with Gasteiger partial charge >= 0.3 is 0 Å². The van der Waals surface area contributed by atoms with Crippen molar-refractivity contribution in [3.8, 4) is 0 Å². The molecule has 1 aromatic rings. The maximum Gasteiger partial charge on any atom is 0.252 e. The first-order valence-corrected chi connectivity index (χ1v) is 5.69.